The molecule has 0 heterocycles. The third-order valence-corrected chi connectivity index (χ3v) is 4.74. The fourth-order valence-electron chi connectivity index (χ4n) is 1.34. The van der Waals surface area contributed by atoms with E-state index in [-0.39, 0.29) is 22.8 Å². The van der Waals surface area contributed by atoms with Gasteiger partial charge in [0.1, 0.15) is 9.84 Å². The van der Waals surface area contributed by atoms with E-state index in [1.807, 2.05) is 0 Å². The molecule has 1 aromatic rings. The molecule has 1 rings (SSSR count). The molecule has 0 aliphatic carbocycles. The Bertz CT molecular complexity index is 563. The highest BCUT2D eigenvalue weighted by Crippen LogP contribution is 2.11. The fraction of sp³-hybridized carbons (Fsp3) is 0.364. The number of aromatic carboxylic acids is 1. The first-order chi connectivity index (χ1) is 8.29. The Labute approximate surface area is 108 Å². The van der Waals surface area contributed by atoms with E-state index in [1.54, 1.807) is 18.2 Å². The Morgan fingerprint density at radius 1 is 1.33 bits per heavy atom. The highest BCUT2D eigenvalue weighted by molar-refractivity contribution is 7.92. The van der Waals surface area contributed by atoms with E-state index in [9.17, 15) is 17.4 Å². The summed E-state index contributed by atoms with van der Waals surface area (Å²) >= 11 is 0. The van der Waals surface area contributed by atoms with Crippen LogP contribution in [0.2, 0.25) is 0 Å². The number of carboxylic acid groups (broad SMARTS) is 1. The average Bonchev–Trinajstić information content (AvgIpc) is 2.26. The lowest BCUT2D eigenvalue weighted by Crippen LogP contribution is -2.14. The second-order valence-corrected chi connectivity index (χ2v) is 7.72. The summed E-state index contributed by atoms with van der Waals surface area (Å²) in [5, 5.41) is 8.94. The summed E-state index contributed by atoms with van der Waals surface area (Å²) in [6.45, 7) is 0. The van der Waals surface area contributed by atoms with Crippen molar-refractivity contribution in [1.29, 1.82) is 0 Å². The Hall–Kier alpha value is -1.21. The number of hydrogen-bond acceptors (Lipinski definition) is 4. The van der Waals surface area contributed by atoms with Gasteiger partial charge in [0.15, 0.2) is 0 Å². The lowest BCUT2D eigenvalue weighted by atomic mass is 10.1. The second kappa shape index (κ2) is 6.10. The van der Waals surface area contributed by atoms with Gasteiger partial charge in [0.2, 0.25) is 0 Å². The third kappa shape index (κ3) is 4.97. The van der Waals surface area contributed by atoms with Gasteiger partial charge in [-0.1, -0.05) is 18.2 Å². The second-order valence-electron chi connectivity index (χ2n) is 3.88. The van der Waals surface area contributed by atoms with Crippen LogP contribution in [0.4, 0.5) is 0 Å². The first-order valence-electron chi connectivity index (χ1n) is 5.13. The third-order valence-electron chi connectivity index (χ3n) is 2.25. The van der Waals surface area contributed by atoms with Crippen LogP contribution >= 0.6 is 0 Å². The fourth-order valence-corrected chi connectivity index (χ4v) is 4.04. The van der Waals surface area contributed by atoms with Crippen LogP contribution in [-0.2, 0) is 26.4 Å². The molecule has 0 fully saturated rings. The minimum Gasteiger partial charge on any atom is -0.478 e. The molecule has 0 bridgehead atoms. The van der Waals surface area contributed by atoms with Crippen LogP contribution in [-0.4, -0.2) is 41.5 Å². The topological polar surface area (TPSA) is 88.5 Å². The average molecular weight is 290 g/mol. The Kier molecular flexibility index (Phi) is 5.03. The van der Waals surface area contributed by atoms with E-state index in [2.05, 4.69) is 0 Å². The van der Waals surface area contributed by atoms with Crippen molar-refractivity contribution in [1.82, 2.24) is 0 Å². The molecule has 0 aliphatic rings. The summed E-state index contributed by atoms with van der Waals surface area (Å²) in [5.41, 5.74) is 0.557. The minimum atomic E-state index is -3.15. The van der Waals surface area contributed by atoms with Gasteiger partial charge >= 0.3 is 5.97 Å². The smallest absolute Gasteiger partial charge is 0.335 e. The summed E-state index contributed by atoms with van der Waals surface area (Å²) in [6, 6.07) is 6.27. The Morgan fingerprint density at radius 3 is 2.50 bits per heavy atom. The SMILES string of the molecule is CS(=O)(=O)CCS(=O)Cc1ccccc1C(=O)O. The van der Waals surface area contributed by atoms with Crippen LogP contribution in [0.1, 0.15) is 15.9 Å². The summed E-state index contributed by atoms with van der Waals surface area (Å²) < 4.78 is 33.6. The first kappa shape index (κ1) is 14.8. The van der Waals surface area contributed by atoms with E-state index in [0.717, 1.165) is 6.26 Å². The standard InChI is InChI=1S/C11H14O5S2/c1-18(15,16)7-6-17(14)8-9-4-2-3-5-10(9)11(12)13/h2-5H,6-8H2,1H3,(H,12,13). The van der Waals surface area contributed by atoms with Crippen LogP contribution < -0.4 is 0 Å². The van der Waals surface area contributed by atoms with Crippen LogP contribution in [0.15, 0.2) is 24.3 Å². The molecule has 0 saturated carbocycles. The molecule has 0 aromatic heterocycles. The summed E-state index contributed by atoms with van der Waals surface area (Å²) in [4.78, 5) is 10.9. The van der Waals surface area contributed by atoms with Crippen molar-refractivity contribution in [3.8, 4) is 0 Å². The largest absolute Gasteiger partial charge is 0.478 e. The van der Waals surface area contributed by atoms with E-state index in [0.29, 0.717) is 5.56 Å². The van der Waals surface area contributed by atoms with Crippen molar-refractivity contribution >= 4 is 26.6 Å². The molecule has 18 heavy (non-hydrogen) atoms. The molecule has 1 aromatic carbocycles. The first-order valence-corrected chi connectivity index (χ1v) is 8.68. The van der Waals surface area contributed by atoms with Gasteiger partial charge in [-0.3, -0.25) is 4.21 Å². The van der Waals surface area contributed by atoms with Crippen LogP contribution in [0.5, 0.6) is 0 Å². The maximum atomic E-state index is 11.7. The van der Waals surface area contributed by atoms with Gasteiger partial charge in [-0.15, -0.1) is 0 Å². The van der Waals surface area contributed by atoms with Crippen molar-refractivity contribution < 1.29 is 22.5 Å². The van der Waals surface area contributed by atoms with Crippen molar-refractivity contribution in [2.24, 2.45) is 0 Å². The van der Waals surface area contributed by atoms with Crippen LogP contribution in [0, 0.1) is 0 Å². The molecule has 1 atom stereocenters. The van der Waals surface area contributed by atoms with Crippen molar-refractivity contribution in [3.05, 3.63) is 35.4 Å². The van der Waals surface area contributed by atoms with Crippen LogP contribution in [0.3, 0.4) is 0 Å². The van der Waals surface area contributed by atoms with Gasteiger partial charge in [0, 0.05) is 28.6 Å². The lowest BCUT2D eigenvalue weighted by Gasteiger charge is -2.05. The van der Waals surface area contributed by atoms with Gasteiger partial charge in [-0.25, -0.2) is 13.2 Å². The Morgan fingerprint density at radius 2 is 1.94 bits per heavy atom. The predicted octanol–water partition coefficient (Wildman–Crippen LogP) is 0.678. The molecular formula is C11H14O5S2. The number of rotatable bonds is 6. The number of carboxylic acids is 1. The molecule has 0 saturated heterocycles. The van der Waals surface area contributed by atoms with E-state index in [1.165, 1.54) is 6.07 Å². The molecule has 1 N–H and O–H groups in total. The molecular weight excluding hydrogens is 276 g/mol. The van der Waals surface area contributed by atoms with Gasteiger partial charge in [0.25, 0.3) is 0 Å². The molecule has 7 heteroatoms. The quantitative estimate of drug-likeness (QED) is 0.832. The summed E-state index contributed by atoms with van der Waals surface area (Å²) in [5.74, 6) is -1.16. The predicted molar refractivity (Wildman–Crippen MR) is 69.8 cm³/mol. The molecule has 0 aliphatic heterocycles. The number of carbonyl (C=O) groups is 1. The van der Waals surface area contributed by atoms with Gasteiger partial charge in [-0.05, 0) is 11.6 Å². The van der Waals surface area contributed by atoms with E-state index in [4.69, 9.17) is 5.11 Å². The normalized spacial score (nSPS) is 13.2. The number of hydrogen-bond donors (Lipinski definition) is 1. The van der Waals surface area contributed by atoms with Crippen molar-refractivity contribution in [2.75, 3.05) is 17.8 Å². The lowest BCUT2D eigenvalue weighted by molar-refractivity contribution is 0.0696. The highest BCUT2D eigenvalue weighted by Gasteiger charge is 2.13. The molecule has 5 nitrogen and oxygen atoms in total. The molecule has 1 unspecified atom stereocenters. The highest BCUT2D eigenvalue weighted by atomic mass is 32.2. The maximum Gasteiger partial charge on any atom is 0.335 e. The van der Waals surface area contributed by atoms with Crippen LogP contribution in [0.25, 0.3) is 0 Å². The van der Waals surface area contributed by atoms with Gasteiger partial charge < -0.3 is 5.11 Å². The monoisotopic (exact) mass is 290 g/mol. The Balaban J connectivity index is 2.73. The number of benzene rings is 1. The van der Waals surface area contributed by atoms with Gasteiger partial charge in [0.05, 0.1) is 11.3 Å². The zero-order valence-electron chi connectivity index (χ0n) is 9.83. The van der Waals surface area contributed by atoms with Gasteiger partial charge in [-0.2, -0.15) is 0 Å². The molecule has 100 valence electrons. The van der Waals surface area contributed by atoms with E-state index < -0.39 is 26.6 Å². The summed E-state index contributed by atoms with van der Waals surface area (Å²) in [6.07, 6.45) is 1.08. The molecule has 0 radical (unpaired) electrons. The zero-order chi connectivity index (χ0) is 13.8. The number of sulfone groups is 1. The summed E-state index contributed by atoms with van der Waals surface area (Å²) in [7, 11) is -4.53. The molecule has 0 spiro atoms. The minimum absolute atomic E-state index is 0.0206. The molecule has 0 amide bonds. The van der Waals surface area contributed by atoms with E-state index >= 15 is 0 Å². The van der Waals surface area contributed by atoms with Crippen molar-refractivity contribution in [2.45, 2.75) is 5.75 Å². The van der Waals surface area contributed by atoms with Crippen molar-refractivity contribution in [3.63, 3.8) is 0 Å². The zero-order valence-corrected chi connectivity index (χ0v) is 11.5. The maximum absolute atomic E-state index is 11.7.